The molecular weight excluding hydrogens is 308 g/mol. The van der Waals surface area contributed by atoms with Gasteiger partial charge in [-0.2, -0.15) is 0 Å². The van der Waals surface area contributed by atoms with Crippen molar-refractivity contribution in [3.8, 4) is 0 Å². The normalized spacial score (nSPS) is 7.81. The minimum atomic E-state index is -0.167. The molecule has 0 aliphatic carbocycles. The van der Waals surface area contributed by atoms with Crippen molar-refractivity contribution in [1.82, 2.24) is 0 Å². The minimum Gasteiger partial charge on any atom is -0.397 e. The Kier molecular flexibility index (Phi) is 65.9. The molecule has 132 valence electrons. The van der Waals surface area contributed by atoms with E-state index >= 15 is 0 Å². The molecular formula is C15H38O5Ti. The van der Waals surface area contributed by atoms with Gasteiger partial charge in [-0.1, -0.05) is 12.2 Å². The van der Waals surface area contributed by atoms with Gasteiger partial charge >= 0.3 is 0 Å². The van der Waals surface area contributed by atoms with E-state index in [4.69, 9.17) is 25.5 Å². The summed E-state index contributed by atoms with van der Waals surface area (Å²) in [6, 6.07) is 0. The first-order valence-electron chi connectivity index (χ1n) is 6.79. The molecule has 0 aromatic carbocycles. The zero-order chi connectivity index (χ0) is 17.7. The molecule has 21 heavy (non-hydrogen) atoms. The predicted octanol–water partition coefficient (Wildman–Crippen LogP) is 1.71. The van der Waals surface area contributed by atoms with Crippen molar-refractivity contribution in [3.63, 3.8) is 0 Å². The van der Waals surface area contributed by atoms with Crippen LogP contribution >= 0.6 is 0 Å². The van der Waals surface area contributed by atoms with Crippen molar-refractivity contribution in [3.05, 3.63) is 12.2 Å². The maximum absolute atomic E-state index is 8.06. The molecule has 0 aromatic rings. The van der Waals surface area contributed by atoms with Crippen LogP contribution in [0.3, 0.4) is 0 Å². The second-order valence-electron chi connectivity index (χ2n) is 4.71. The van der Waals surface area contributed by atoms with E-state index in [1.165, 1.54) is 0 Å². The third-order valence-electron chi connectivity index (χ3n) is 0.270. The molecule has 0 fully saturated rings. The maximum Gasteiger partial charge on any atom is 0.0636 e. The van der Waals surface area contributed by atoms with E-state index < -0.39 is 0 Å². The zero-order valence-corrected chi connectivity index (χ0v) is 16.7. The Labute approximate surface area is 146 Å². The molecule has 0 unspecified atom stereocenters. The Bertz CT molecular complexity index is 128. The molecule has 5 N–H and O–H groups in total. The van der Waals surface area contributed by atoms with Crippen molar-refractivity contribution in [2.45, 2.75) is 73.7 Å². The standard InChI is InChI=1S/C4H8O.3C3H8O.C2H6O.Ti/c1-4(2)3-5;3*1-3(2)4;1-2-3;/h5H,1,3H2,2H3;3*3-4H,1-2H3;3H,2H2,1H3;. The second-order valence-corrected chi connectivity index (χ2v) is 4.71. The Hall–Kier alpha value is 0.254. The Balaban J connectivity index is -0.0000000334. The van der Waals surface area contributed by atoms with Gasteiger partial charge in [0.25, 0.3) is 0 Å². The van der Waals surface area contributed by atoms with E-state index in [2.05, 4.69) is 6.58 Å². The van der Waals surface area contributed by atoms with Gasteiger partial charge < -0.3 is 25.5 Å². The summed E-state index contributed by atoms with van der Waals surface area (Å²) in [5.74, 6) is 0. The third-order valence-corrected chi connectivity index (χ3v) is 0.270. The molecule has 0 atom stereocenters. The minimum absolute atomic E-state index is 0. The van der Waals surface area contributed by atoms with Gasteiger partial charge in [-0.15, -0.1) is 0 Å². The van der Waals surface area contributed by atoms with E-state index in [1.54, 1.807) is 55.4 Å². The van der Waals surface area contributed by atoms with Gasteiger partial charge in [-0.05, 0) is 55.4 Å². The van der Waals surface area contributed by atoms with Crippen molar-refractivity contribution in [1.29, 1.82) is 0 Å². The van der Waals surface area contributed by atoms with Gasteiger partial charge in [0, 0.05) is 46.6 Å². The van der Waals surface area contributed by atoms with E-state index in [1.807, 2.05) is 0 Å². The molecule has 0 radical (unpaired) electrons. The van der Waals surface area contributed by atoms with Crippen LogP contribution in [0.15, 0.2) is 12.2 Å². The molecule has 0 aliphatic heterocycles. The Morgan fingerprint density at radius 2 is 0.857 bits per heavy atom. The predicted molar refractivity (Wildman–Crippen MR) is 86.7 cm³/mol. The van der Waals surface area contributed by atoms with Gasteiger partial charge in [-0.3, -0.25) is 0 Å². The van der Waals surface area contributed by atoms with Gasteiger partial charge in [0.15, 0.2) is 0 Å². The van der Waals surface area contributed by atoms with Crippen molar-refractivity contribution in [2.24, 2.45) is 0 Å². The molecule has 5 nitrogen and oxygen atoms in total. The quantitative estimate of drug-likeness (QED) is 0.368. The van der Waals surface area contributed by atoms with Crippen LogP contribution in [-0.2, 0) is 21.7 Å². The molecule has 0 amide bonds. The van der Waals surface area contributed by atoms with Crippen molar-refractivity contribution >= 4 is 0 Å². The third kappa shape index (κ3) is 1330. The molecule has 0 aliphatic rings. The fourth-order valence-electron chi connectivity index (χ4n) is 0. The summed E-state index contributed by atoms with van der Waals surface area (Å²) < 4.78 is 0. The van der Waals surface area contributed by atoms with Crippen LogP contribution < -0.4 is 0 Å². The second kappa shape index (κ2) is 37.0. The monoisotopic (exact) mass is 346 g/mol. The van der Waals surface area contributed by atoms with Crippen LogP contribution in [0.2, 0.25) is 0 Å². The van der Waals surface area contributed by atoms with Crippen molar-refractivity contribution in [2.75, 3.05) is 13.2 Å². The molecule has 0 saturated carbocycles. The molecule has 0 aromatic heterocycles. The smallest absolute Gasteiger partial charge is 0.0636 e. The largest absolute Gasteiger partial charge is 0.397 e. The number of aliphatic hydroxyl groups is 5. The first-order chi connectivity index (χ1) is 8.88. The molecule has 0 bridgehead atoms. The topological polar surface area (TPSA) is 101 Å². The Morgan fingerprint density at radius 3 is 0.857 bits per heavy atom. The molecule has 6 heteroatoms. The first-order valence-corrected chi connectivity index (χ1v) is 6.79. The van der Waals surface area contributed by atoms with Crippen LogP contribution in [0.25, 0.3) is 0 Å². The molecule has 0 rings (SSSR count). The van der Waals surface area contributed by atoms with E-state index in [0.717, 1.165) is 5.57 Å². The maximum atomic E-state index is 8.06. The summed E-state index contributed by atoms with van der Waals surface area (Å²) in [5, 5.41) is 39.8. The number of aliphatic hydroxyl groups excluding tert-OH is 5. The summed E-state index contributed by atoms with van der Waals surface area (Å²) >= 11 is 0. The van der Waals surface area contributed by atoms with Gasteiger partial charge in [-0.25, -0.2) is 0 Å². The molecule has 0 heterocycles. The van der Waals surface area contributed by atoms with E-state index in [9.17, 15) is 0 Å². The average molecular weight is 346 g/mol. The van der Waals surface area contributed by atoms with Crippen LogP contribution in [0.5, 0.6) is 0 Å². The summed E-state index contributed by atoms with van der Waals surface area (Å²) in [5.41, 5.74) is 0.810. The number of hydrogen-bond acceptors (Lipinski definition) is 5. The summed E-state index contributed by atoms with van der Waals surface area (Å²) in [4.78, 5) is 0. The van der Waals surface area contributed by atoms with Crippen LogP contribution in [0, 0.1) is 0 Å². The van der Waals surface area contributed by atoms with Crippen LogP contribution in [0.4, 0.5) is 0 Å². The molecule has 0 saturated heterocycles. The fraction of sp³-hybridized carbons (Fsp3) is 0.867. The SMILES string of the molecule is C=C(C)CO.CC(C)O.CC(C)O.CC(C)O.CCO.[Ti]. The molecule has 0 spiro atoms. The first kappa shape index (κ1) is 37.5. The van der Waals surface area contributed by atoms with Crippen LogP contribution in [-0.4, -0.2) is 57.1 Å². The summed E-state index contributed by atoms with van der Waals surface area (Å²) in [6.07, 6.45) is -0.500. The summed E-state index contributed by atoms with van der Waals surface area (Å²) in [6.45, 7) is 17.6. The van der Waals surface area contributed by atoms with Crippen LogP contribution in [0.1, 0.15) is 55.4 Å². The fourth-order valence-corrected chi connectivity index (χ4v) is 0. The van der Waals surface area contributed by atoms with E-state index in [-0.39, 0.29) is 53.2 Å². The number of hydrogen-bond donors (Lipinski definition) is 5. The van der Waals surface area contributed by atoms with Gasteiger partial charge in [0.05, 0.1) is 6.61 Å². The Morgan fingerprint density at radius 1 is 0.810 bits per heavy atom. The van der Waals surface area contributed by atoms with Gasteiger partial charge in [0.2, 0.25) is 0 Å². The van der Waals surface area contributed by atoms with Gasteiger partial charge in [0.1, 0.15) is 0 Å². The van der Waals surface area contributed by atoms with Crippen molar-refractivity contribution < 1.29 is 47.3 Å². The number of rotatable bonds is 1. The zero-order valence-electron chi connectivity index (χ0n) is 15.1. The average Bonchev–Trinajstić information content (AvgIpc) is 2.15. The van der Waals surface area contributed by atoms with E-state index in [0.29, 0.717) is 0 Å². The summed E-state index contributed by atoms with van der Waals surface area (Å²) in [7, 11) is 0.